The van der Waals surface area contributed by atoms with Gasteiger partial charge in [0.25, 0.3) is 5.56 Å². The molecule has 0 bridgehead atoms. The Bertz CT molecular complexity index is 1250. The van der Waals surface area contributed by atoms with Gasteiger partial charge in [-0.3, -0.25) is 19.1 Å². The van der Waals surface area contributed by atoms with Crippen LogP contribution in [0.5, 0.6) is 5.75 Å². The van der Waals surface area contributed by atoms with Crippen LogP contribution in [0.25, 0.3) is 16.6 Å². The fourth-order valence-corrected chi connectivity index (χ4v) is 5.14. The number of rotatable bonds is 11. The van der Waals surface area contributed by atoms with E-state index < -0.39 is 0 Å². The van der Waals surface area contributed by atoms with E-state index in [1.165, 1.54) is 19.3 Å². The predicted octanol–water partition coefficient (Wildman–Crippen LogP) is 5.35. The molecule has 0 spiro atoms. The molecular weight excluding hydrogens is 464 g/mol. The summed E-state index contributed by atoms with van der Waals surface area (Å²) >= 11 is 0. The number of benzene rings is 2. The van der Waals surface area contributed by atoms with Gasteiger partial charge in [0.2, 0.25) is 5.91 Å². The molecule has 1 aliphatic heterocycles. The van der Waals surface area contributed by atoms with E-state index in [1.54, 1.807) is 4.57 Å². The summed E-state index contributed by atoms with van der Waals surface area (Å²) in [6.07, 6.45) is 6.41. The van der Waals surface area contributed by atoms with Gasteiger partial charge in [-0.15, -0.1) is 0 Å². The fraction of sp³-hybridized carbons (Fsp3) is 0.500. The van der Waals surface area contributed by atoms with Crippen molar-refractivity contribution in [2.45, 2.75) is 65.3 Å². The van der Waals surface area contributed by atoms with Crippen molar-refractivity contribution in [2.24, 2.45) is 0 Å². The zero-order valence-corrected chi connectivity index (χ0v) is 22.5. The van der Waals surface area contributed by atoms with Crippen molar-refractivity contribution in [1.82, 2.24) is 19.4 Å². The normalized spacial score (nSPS) is 15.2. The minimum absolute atomic E-state index is 0.100. The zero-order valence-electron chi connectivity index (χ0n) is 22.5. The maximum absolute atomic E-state index is 13.8. The third-order valence-electron chi connectivity index (χ3n) is 7.29. The number of hydrogen-bond donors (Lipinski definition) is 0. The number of ether oxygens (including phenoxy) is 1. The molecule has 1 saturated heterocycles. The Morgan fingerprint density at radius 3 is 2.41 bits per heavy atom. The summed E-state index contributed by atoms with van der Waals surface area (Å²) in [5, 5.41) is 0.583. The largest absolute Gasteiger partial charge is 0.492 e. The maximum Gasteiger partial charge on any atom is 0.266 e. The van der Waals surface area contributed by atoms with Crippen LogP contribution in [0.3, 0.4) is 0 Å². The van der Waals surface area contributed by atoms with E-state index in [-0.39, 0.29) is 17.5 Å². The molecule has 0 N–H and O–H groups in total. The molecule has 3 aromatic rings. The van der Waals surface area contributed by atoms with Crippen molar-refractivity contribution < 1.29 is 9.53 Å². The summed E-state index contributed by atoms with van der Waals surface area (Å²) in [6, 6.07) is 15.0. The molecule has 1 unspecified atom stereocenters. The zero-order chi connectivity index (χ0) is 26.2. The van der Waals surface area contributed by atoms with Gasteiger partial charge >= 0.3 is 0 Å². The number of unbranched alkanes of at least 4 members (excludes halogenated alkanes) is 4. The van der Waals surface area contributed by atoms with Gasteiger partial charge in [0.05, 0.1) is 29.2 Å². The maximum atomic E-state index is 13.8. The monoisotopic (exact) mass is 504 g/mol. The van der Waals surface area contributed by atoms with E-state index in [4.69, 9.17) is 9.72 Å². The number of aromatic nitrogens is 2. The van der Waals surface area contributed by atoms with E-state index >= 15 is 0 Å². The molecule has 1 amide bonds. The Balaban J connectivity index is 1.57. The lowest BCUT2D eigenvalue weighted by Gasteiger charge is -2.38. The fourth-order valence-electron chi connectivity index (χ4n) is 5.14. The van der Waals surface area contributed by atoms with E-state index in [2.05, 4.69) is 18.7 Å². The van der Waals surface area contributed by atoms with Gasteiger partial charge in [-0.25, -0.2) is 4.98 Å². The summed E-state index contributed by atoms with van der Waals surface area (Å²) in [4.78, 5) is 35.8. The molecule has 4 rings (SSSR count). The van der Waals surface area contributed by atoms with Crippen molar-refractivity contribution in [2.75, 3.05) is 32.8 Å². The minimum Gasteiger partial charge on any atom is -0.492 e. The van der Waals surface area contributed by atoms with Crippen LogP contribution in [0.15, 0.2) is 53.3 Å². The predicted molar refractivity (Wildman–Crippen MR) is 148 cm³/mol. The van der Waals surface area contributed by atoms with E-state index in [0.717, 1.165) is 25.9 Å². The first-order valence-corrected chi connectivity index (χ1v) is 13.8. The summed E-state index contributed by atoms with van der Waals surface area (Å²) < 4.78 is 7.60. The molecule has 1 aliphatic rings. The third kappa shape index (κ3) is 6.21. The highest BCUT2D eigenvalue weighted by Gasteiger charge is 2.28. The molecule has 0 aliphatic carbocycles. The minimum atomic E-state index is -0.113. The van der Waals surface area contributed by atoms with Crippen LogP contribution >= 0.6 is 0 Å². The molecule has 37 heavy (non-hydrogen) atoms. The third-order valence-corrected chi connectivity index (χ3v) is 7.29. The van der Waals surface area contributed by atoms with Crippen LogP contribution in [0.4, 0.5) is 0 Å². The van der Waals surface area contributed by atoms with Crippen LogP contribution in [0.1, 0.15) is 71.2 Å². The van der Waals surface area contributed by atoms with Gasteiger partial charge in [0, 0.05) is 32.6 Å². The van der Waals surface area contributed by atoms with Crippen LogP contribution in [-0.4, -0.2) is 58.0 Å². The number of carbonyl (C=O) groups excluding carboxylic acids is 1. The second kappa shape index (κ2) is 12.9. The molecule has 0 saturated carbocycles. The topological polar surface area (TPSA) is 67.7 Å². The average molecular weight is 505 g/mol. The number of piperazine rings is 1. The van der Waals surface area contributed by atoms with Crippen LogP contribution in [0.2, 0.25) is 0 Å². The van der Waals surface area contributed by atoms with Crippen LogP contribution in [0, 0.1) is 0 Å². The van der Waals surface area contributed by atoms with Crippen molar-refractivity contribution in [3.8, 4) is 11.4 Å². The van der Waals surface area contributed by atoms with Crippen molar-refractivity contribution >= 4 is 16.8 Å². The first-order chi connectivity index (χ1) is 18.0. The Morgan fingerprint density at radius 1 is 0.946 bits per heavy atom. The van der Waals surface area contributed by atoms with Gasteiger partial charge in [-0.05, 0) is 44.5 Å². The lowest BCUT2D eigenvalue weighted by molar-refractivity contribution is -0.133. The number of amides is 1. The Labute approximate surface area is 220 Å². The highest BCUT2D eigenvalue weighted by atomic mass is 16.5. The average Bonchev–Trinajstić information content (AvgIpc) is 2.93. The molecule has 1 aromatic heterocycles. The van der Waals surface area contributed by atoms with Gasteiger partial charge in [-0.2, -0.15) is 0 Å². The van der Waals surface area contributed by atoms with Gasteiger partial charge < -0.3 is 9.64 Å². The number of nitrogens with zero attached hydrogens (tertiary/aromatic N) is 4. The van der Waals surface area contributed by atoms with Gasteiger partial charge in [0.15, 0.2) is 0 Å². The molecule has 1 fully saturated rings. The standard InChI is InChI=1S/C30H40N4O3/c1-4-6-7-8-9-18-28(35)33-21-19-32(20-22-33)23(3)29-31-25-15-11-10-14-24(25)30(36)34(29)26-16-12-13-17-27(26)37-5-2/h10-17,23H,4-9,18-22H2,1-3H3. The second-order valence-corrected chi connectivity index (χ2v) is 9.79. The SMILES string of the molecule is CCCCCCCC(=O)N1CCN(C(C)c2nc3ccccc3c(=O)n2-c2ccccc2OCC)CC1. The smallest absolute Gasteiger partial charge is 0.266 e. The first-order valence-electron chi connectivity index (χ1n) is 13.8. The summed E-state index contributed by atoms with van der Waals surface area (Å²) in [6.45, 7) is 9.64. The van der Waals surface area contributed by atoms with Crippen molar-refractivity contribution in [1.29, 1.82) is 0 Å². The van der Waals surface area contributed by atoms with E-state index in [0.29, 0.717) is 54.3 Å². The van der Waals surface area contributed by atoms with Gasteiger partial charge in [-0.1, -0.05) is 56.9 Å². The summed E-state index contributed by atoms with van der Waals surface area (Å²) in [7, 11) is 0. The number of hydrogen-bond acceptors (Lipinski definition) is 5. The summed E-state index contributed by atoms with van der Waals surface area (Å²) in [5.41, 5.74) is 1.29. The molecule has 198 valence electrons. The lowest BCUT2D eigenvalue weighted by Crippen LogP contribution is -2.49. The Kier molecular flexibility index (Phi) is 9.34. The Morgan fingerprint density at radius 2 is 1.65 bits per heavy atom. The van der Waals surface area contributed by atoms with Crippen LogP contribution in [-0.2, 0) is 4.79 Å². The van der Waals surface area contributed by atoms with Gasteiger partial charge in [0.1, 0.15) is 11.6 Å². The number of para-hydroxylation sites is 3. The summed E-state index contributed by atoms with van der Waals surface area (Å²) in [5.74, 6) is 1.61. The van der Waals surface area contributed by atoms with Crippen molar-refractivity contribution in [3.05, 3.63) is 64.7 Å². The molecular formula is C30H40N4O3. The molecule has 2 aromatic carbocycles. The molecule has 1 atom stereocenters. The molecule has 7 nitrogen and oxygen atoms in total. The lowest BCUT2D eigenvalue weighted by atomic mass is 10.1. The van der Waals surface area contributed by atoms with Crippen molar-refractivity contribution in [3.63, 3.8) is 0 Å². The van der Waals surface area contributed by atoms with E-state index in [9.17, 15) is 9.59 Å². The number of carbonyl (C=O) groups is 1. The highest BCUT2D eigenvalue weighted by molar-refractivity contribution is 5.78. The quantitative estimate of drug-likeness (QED) is 0.329. The first kappa shape index (κ1) is 26.9. The Hall–Kier alpha value is -3.19. The number of fused-ring (bicyclic) bond motifs is 1. The second-order valence-electron chi connectivity index (χ2n) is 9.79. The van der Waals surface area contributed by atoms with Crippen LogP contribution < -0.4 is 10.3 Å². The highest BCUT2D eigenvalue weighted by Crippen LogP contribution is 2.28. The molecule has 7 heteroatoms. The molecule has 2 heterocycles. The molecule has 0 radical (unpaired) electrons. The van der Waals surface area contributed by atoms with E-state index in [1.807, 2.05) is 60.4 Å².